The van der Waals surface area contributed by atoms with Gasteiger partial charge in [0.2, 0.25) is 0 Å². The number of nitrogens with one attached hydrogen (secondary N) is 2. The standard InChI is InChI=1S/C13H21N3O3S2/c1-2-5-14-12(17)11-15-6-8-16(9-7-15)21(18,19)13-4-3-10-20-13/h3-4,10H,2,5-9,11H2,1H3,(H,14,17)/p+1. The van der Waals surface area contributed by atoms with Crippen LogP contribution >= 0.6 is 11.3 Å². The lowest BCUT2D eigenvalue weighted by Crippen LogP contribution is -3.15. The maximum Gasteiger partial charge on any atom is 0.275 e. The second kappa shape index (κ2) is 7.35. The lowest BCUT2D eigenvalue weighted by atomic mass is 10.3. The number of hydrogen-bond acceptors (Lipinski definition) is 4. The minimum absolute atomic E-state index is 0.0430. The Morgan fingerprint density at radius 1 is 1.43 bits per heavy atom. The number of carbonyl (C=O) groups excluding carboxylic acids is 1. The number of sulfonamides is 1. The summed E-state index contributed by atoms with van der Waals surface area (Å²) in [7, 11) is -3.35. The fraction of sp³-hybridized carbons (Fsp3) is 0.615. The number of amides is 1. The molecule has 0 aliphatic carbocycles. The molecular formula is C13H22N3O3S2+. The summed E-state index contributed by atoms with van der Waals surface area (Å²) in [5.74, 6) is 0.0430. The van der Waals surface area contributed by atoms with E-state index in [2.05, 4.69) is 5.32 Å². The van der Waals surface area contributed by atoms with E-state index >= 15 is 0 Å². The first-order valence-electron chi connectivity index (χ1n) is 7.18. The van der Waals surface area contributed by atoms with Gasteiger partial charge in [-0.2, -0.15) is 4.31 Å². The van der Waals surface area contributed by atoms with Crippen LogP contribution in [0.15, 0.2) is 21.7 Å². The fourth-order valence-electron chi connectivity index (χ4n) is 2.31. The zero-order chi connectivity index (χ0) is 15.3. The molecular weight excluding hydrogens is 310 g/mol. The number of thiophene rings is 1. The highest BCUT2D eigenvalue weighted by Gasteiger charge is 2.31. The Labute approximate surface area is 129 Å². The van der Waals surface area contributed by atoms with Gasteiger partial charge in [0.15, 0.2) is 6.54 Å². The van der Waals surface area contributed by atoms with E-state index in [0.29, 0.717) is 43.5 Å². The highest BCUT2D eigenvalue weighted by molar-refractivity contribution is 7.91. The van der Waals surface area contributed by atoms with Gasteiger partial charge in [0, 0.05) is 6.54 Å². The molecule has 1 aliphatic heterocycles. The molecule has 0 saturated carbocycles. The molecule has 1 aromatic rings. The molecule has 1 saturated heterocycles. The zero-order valence-corrected chi connectivity index (χ0v) is 13.8. The summed E-state index contributed by atoms with van der Waals surface area (Å²) in [5.41, 5.74) is 0. The number of rotatable bonds is 6. The number of hydrogen-bond donors (Lipinski definition) is 2. The van der Waals surface area contributed by atoms with Crippen LogP contribution in [0.1, 0.15) is 13.3 Å². The largest absolute Gasteiger partial charge is 0.351 e. The topological polar surface area (TPSA) is 70.9 Å². The number of piperazine rings is 1. The quantitative estimate of drug-likeness (QED) is 0.714. The summed E-state index contributed by atoms with van der Waals surface area (Å²) >= 11 is 1.24. The molecule has 0 spiro atoms. The van der Waals surface area contributed by atoms with Crippen LogP contribution in [0.5, 0.6) is 0 Å². The summed E-state index contributed by atoms with van der Waals surface area (Å²) in [6, 6.07) is 3.38. The molecule has 0 bridgehead atoms. The van der Waals surface area contributed by atoms with Gasteiger partial charge in [0.1, 0.15) is 4.21 Å². The summed E-state index contributed by atoms with van der Waals surface area (Å²) < 4.78 is 26.6. The summed E-state index contributed by atoms with van der Waals surface area (Å²) in [6.45, 7) is 5.42. The minimum Gasteiger partial charge on any atom is -0.351 e. The molecule has 1 fully saturated rings. The second-order valence-electron chi connectivity index (χ2n) is 5.11. The van der Waals surface area contributed by atoms with Crippen molar-refractivity contribution in [1.29, 1.82) is 0 Å². The van der Waals surface area contributed by atoms with E-state index in [-0.39, 0.29) is 5.91 Å². The molecule has 0 radical (unpaired) electrons. The first kappa shape index (κ1) is 16.4. The lowest BCUT2D eigenvalue weighted by molar-refractivity contribution is -0.895. The molecule has 2 N–H and O–H groups in total. The van der Waals surface area contributed by atoms with Crippen LogP contribution in [0.3, 0.4) is 0 Å². The van der Waals surface area contributed by atoms with Crippen LogP contribution in [0.25, 0.3) is 0 Å². The smallest absolute Gasteiger partial charge is 0.275 e. The fourth-order valence-corrected chi connectivity index (χ4v) is 4.90. The van der Waals surface area contributed by atoms with E-state index in [1.807, 2.05) is 6.92 Å². The van der Waals surface area contributed by atoms with Gasteiger partial charge in [-0.25, -0.2) is 8.42 Å². The molecule has 0 aromatic carbocycles. The maximum absolute atomic E-state index is 12.4. The van der Waals surface area contributed by atoms with Crippen LogP contribution in [-0.2, 0) is 14.8 Å². The van der Waals surface area contributed by atoms with E-state index in [1.54, 1.807) is 17.5 Å². The van der Waals surface area contributed by atoms with Crippen molar-refractivity contribution in [2.45, 2.75) is 17.6 Å². The van der Waals surface area contributed by atoms with Crippen molar-refractivity contribution in [2.24, 2.45) is 0 Å². The Balaban J connectivity index is 1.85. The van der Waals surface area contributed by atoms with Crippen LogP contribution in [0.4, 0.5) is 0 Å². The molecule has 0 unspecified atom stereocenters. The summed E-state index contributed by atoms with van der Waals surface area (Å²) in [6.07, 6.45) is 0.925. The lowest BCUT2D eigenvalue weighted by Gasteiger charge is -2.30. The van der Waals surface area contributed by atoms with E-state index in [9.17, 15) is 13.2 Å². The first-order valence-corrected chi connectivity index (χ1v) is 9.50. The third kappa shape index (κ3) is 4.26. The van der Waals surface area contributed by atoms with Gasteiger partial charge in [-0.05, 0) is 17.9 Å². The maximum atomic E-state index is 12.4. The van der Waals surface area contributed by atoms with Gasteiger partial charge in [0.25, 0.3) is 15.9 Å². The summed E-state index contributed by atoms with van der Waals surface area (Å²) in [5, 5.41) is 4.62. The Hall–Kier alpha value is -0.960. The SMILES string of the molecule is CCCNC(=O)C[NH+]1CCN(S(=O)(=O)c2cccs2)CC1. The summed E-state index contributed by atoms with van der Waals surface area (Å²) in [4.78, 5) is 12.8. The molecule has 1 amide bonds. The molecule has 1 aromatic heterocycles. The molecule has 2 heterocycles. The molecule has 2 rings (SSSR count). The third-order valence-corrected chi connectivity index (χ3v) is 6.77. The highest BCUT2D eigenvalue weighted by Crippen LogP contribution is 2.20. The van der Waals surface area contributed by atoms with Gasteiger partial charge in [-0.15, -0.1) is 11.3 Å². The zero-order valence-electron chi connectivity index (χ0n) is 12.2. The molecule has 8 heteroatoms. The third-order valence-electron chi connectivity index (χ3n) is 3.50. The van der Waals surface area contributed by atoms with E-state index in [4.69, 9.17) is 0 Å². The van der Waals surface area contributed by atoms with Crippen molar-refractivity contribution in [3.05, 3.63) is 17.5 Å². The van der Waals surface area contributed by atoms with Crippen molar-refractivity contribution in [1.82, 2.24) is 9.62 Å². The van der Waals surface area contributed by atoms with Crippen LogP contribution in [-0.4, -0.2) is 57.9 Å². The van der Waals surface area contributed by atoms with Crippen LogP contribution in [0, 0.1) is 0 Å². The van der Waals surface area contributed by atoms with E-state index in [1.165, 1.54) is 15.6 Å². The van der Waals surface area contributed by atoms with Crippen molar-refractivity contribution in [2.75, 3.05) is 39.3 Å². The Bertz CT molecular complexity index is 549. The van der Waals surface area contributed by atoms with Crippen molar-refractivity contribution in [3.8, 4) is 0 Å². The first-order chi connectivity index (χ1) is 10.0. The van der Waals surface area contributed by atoms with Gasteiger partial charge in [-0.1, -0.05) is 13.0 Å². The normalized spacial score (nSPS) is 17.8. The predicted molar refractivity (Wildman–Crippen MR) is 81.9 cm³/mol. The second-order valence-corrected chi connectivity index (χ2v) is 8.23. The highest BCUT2D eigenvalue weighted by atomic mass is 32.2. The van der Waals surface area contributed by atoms with Crippen LogP contribution in [0.2, 0.25) is 0 Å². The average molecular weight is 332 g/mol. The van der Waals surface area contributed by atoms with E-state index < -0.39 is 10.0 Å². The number of carbonyl (C=O) groups is 1. The van der Waals surface area contributed by atoms with Crippen molar-refractivity contribution in [3.63, 3.8) is 0 Å². The molecule has 21 heavy (non-hydrogen) atoms. The minimum atomic E-state index is -3.35. The number of nitrogens with zero attached hydrogens (tertiary/aromatic N) is 1. The van der Waals surface area contributed by atoms with Crippen LogP contribution < -0.4 is 10.2 Å². The van der Waals surface area contributed by atoms with Gasteiger partial charge >= 0.3 is 0 Å². The molecule has 6 nitrogen and oxygen atoms in total. The molecule has 118 valence electrons. The Morgan fingerprint density at radius 3 is 2.71 bits per heavy atom. The van der Waals surface area contributed by atoms with Crippen molar-refractivity contribution >= 4 is 27.3 Å². The van der Waals surface area contributed by atoms with Gasteiger partial charge < -0.3 is 10.2 Å². The van der Waals surface area contributed by atoms with E-state index in [0.717, 1.165) is 11.3 Å². The number of quaternary nitrogens is 1. The molecule has 0 atom stereocenters. The average Bonchev–Trinajstić information content (AvgIpc) is 3.00. The van der Waals surface area contributed by atoms with Gasteiger partial charge in [0.05, 0.1) is 26.2 Å². The van der Waals surface area contributed by atoms with Gasteiger partial charge in [-0.3, -0.25) is 4.79 Å². The Morgan fingerprint density at radius 2 is 2.14 bits per heavy atom. The predicted octanol–water partition coefficient (Wildman–Crippen LogP) is -0.836. The Kier molecular flexibility index (Phi) is 5.74. The molecule has 1 aliphatic rings. The monoisotopic (exact) mass is 332 g/mol. The van der Waals surface area contributed by atoms with Crippen molar-refractivity contribution < 1.29 is 18.1 Å².